The van der Waals surface area contributed by atoms with Crippen molar-refractivity contribution in [3.05, 3.63) is 41.5 Å². The third-order valence-corrected chi connectivity index (χ3v) is 5.74. The van der Waals surface area contributed by atoms with Crippen LogP contribution < -0.4 is 4.74 Å². The number of phenolic OH excluding ortho intramolecular Hbond substituents is 1. The number of aromatic hydroxyl groups is 1. The first-order valence-electron chi connectivity index (χ1n) is 10.4. The van der Waals surface area contributed by atoms with Crippen LogP contribution in [0.2, 0.25) is 0 Å². The van der Waals surface area contributed by atoms with Gasteiger partial charge in [-0.05, 0) is 68.4 Å². The van der Waals surface area contributed by atoms with Crippen LogP contribution in [0.4, 0.5) is 0 Å². The van der Waals surface area contributed by atoms with Crippen molar-refractivity contribution in [1.82, 2.24) is 0 Å². The van der Waals surface area contributed by atoms with Crippen molar-refractivity contribution < 1.29 is 9.84 Å². The minimum Gasteiger partial charge on any atom is -0.507 e. The van der Waals surface area contributed by atoms with Crippen LogP contribution in [0.25, 0.3) is 5.57 Å². The fourth-order valence-electron chi connectivity index (χ4n) is 4.26. The first-order valence-corrected chi connectivity index (χ1v) is 10.4. The number of rotatable bonds is 7. The minimum absolute atomic E-state index is 0.339. The van der Waals surface area contributed by atoms with Gasteiger partial charge in [0.05, 0.1) is 5.56 Å². The summed E-state index contributed by atoms with van der Waals surface area (Å²) in [6.45, 7) is 8.71. The lowest BCUT2D eigenvalue weighted by molar-refractivity contribution is 0.156. The molecule has 0 amide bonds. The molecule has 2 aliphatic rings. The molecule has 1 aliphatic heterocycles. The molecule has 0 radical (unpaired) electrons. The normalized spacial score (nSPS) is 21.8. The number of hydrogen-bond donors (Lipinski definition) is 1. The molecule has 1 heterocycles. The van der Waals surface area contributed by atoms with E-state index in [9.17, 15) is 5.11 Å². The highest BCUT2D eigenvalue weighted by Gasteiger charge is 2.32. The maximum atomic E-state index is 10.9. The maximum absolute atomic E-state index is 10.9. The molecular weight excluding hydrogens is 320 g/mol. The molecule has 0 fully saturated rings. The number of benzene rings is 1. The molecule has 0 aromatic heterocycles. The van der Waals surface area contributed by atoms with Crippen LogP contribution in [-0.4, -0.2) is 10.7 Å². The summed E-state index contributed by atoms with van der Waals surface area (Å²) in [4.78, 5) is 0. The van der Waals surface area contributed by atoms with Gasteiger partial charge in [-0.1, -0.05) is 51.7 Å². The van der Waals surface area contributed by atoms with Gasteiger partial charge in [0.1, 0.15) is 17.1 Å². The topological polar surface area (TPSA) is 29.5 Å². The van der Waals surface area contributed by atoms with Crippen molar-refractivity contribution in [3.8, 4) is 11.5 Å². The molecule has 2 unspecified atom stereocenters. The third kappa shape index (κ3) is 4.16. The average molecular weight is 355 g/mol. The van der Waals surface area contributed by atoms with E-state index in [1.807, 2.05) is 6.07 Å². The summed E-state index contributed by atoms with van der Waals surface area (Å²) in [5.74, 6) is 2.05. The first kappa shape index (κ1) is 19.1. The van der Waals surface area contributed by atoms with E-state index in [0.29, 0.717) is 17.6 Å². The molecule has 3 rings (SSSR count). The zero-order valence-electron chi connectivity index (χ0n) is 16.8. The zero-order chi connectivity index (χ0) is 18.7. The summed E-state index contributed by atoms with van der Waals surface area (Å²) in [7, 11) is 0. The van der Waals surface area contributed by atoms with E-state index in [2.05, 4.69) is 52.0 Å². The molecule has 1 aromatic carbocycles. The van der Waals surface area contributed by atoms with Crippen molar-refractivity contribution in [2.75, 3.05) is 0 Å². The van der Waals surface area contributed by atoms with Crippen LogP contribution in [0, 0.1) is 5.92 Å². The lowest BCUT2D eigenvalue weighted by Crippen LogP contribution is -2.30. The Morgan fingerprint density at radius 2 is 2.04 bits per heavy atom. The van der Waals surface area contributed by atoms with Gasteiger partial charge in [0.25, 0.3) is 0 Å². The van der Waals surface area contributed by atoms with Crippen molar-refractivity contribution in [1.29, 1.82) is 0 Å². The largest absolute Gasteiger partial charge is 0.507 e. The van der Waals surface area contributed by atoms with Gasteiger partial charge in [0.15, 0.2) is 0 Å². The molecule has 26 heavy (non-hydrogen) atoms. The second-order valence-corrected chi connectivity index (χ2v) is 8.58. The highest BCUT2D eigenvalue weighted by Crippen LogP contribution is 2.48. The Bertz CT molecular complexity index is 696. The van der Waals surface area contributed by atoms with E-state index in [0.717, 1.165) is 30.6 Å². The lowest BCUT2D eigenvalue weighted by atomic mass is 9.83. The third-order valence-electron chi connectivity index (χ3n) is 5.74. The molecular formula is C24H34O2. The SMILES string of the molecule is CCCCCCC(C)c1cc(O)c2c(c1)OC(C)(C)C=C2C1C=CCC1. The molecule has 0 saturated heterocycles. The smallest absolute Gasteiger partial charge is 0.132 e. The monoisotopic (exact) mass is 354 g/mol. The molecule has 1 N–H and O–H groups in total. The fraction of sp³-hybridized carbons (Fsp3) is 0.583. The Kier molecular flexibility index (Phi) is 5.79. The molecule has 0 spiro atoms. The van der Waals surface area contributed by atoms with Gasteiger partial charge in [0, 0.05) is 5.92 Å². The Morgan fingerprint density at radius 3 is 2.73 bits per heavy atom. The van der Waals surface area contributed by atoms with E-state index in [1.54, 1.807) is 0 Å². The molecule has 2 nitrogen and oxygen atoms in total. The number of unbranched alkanes of at least 4 members (excludes halogenated alkanes) is 3. The Hall–Kier alpha value is -1.70. The van der Waals surface area contributed by atoms with Crippen LogP contribution >= 0.6 is 0 Å². The Labute approximate surface area is 159 Å². The van der Waals surface area contributed by atoms with Crippen LogP contribution in [0.1, 0.15) is 89.7 Å². The van der Waals surface area contributed by atoms with Crippen molar-refractivity contribution >= 4 is 5.57 Å². The molecule has 1 aliphatic carbocycles. The van der Waals surface area contributed by atoms with Crippen molar-refractivity contribution in [2.24, 2.45) is 5.92 Å². The molecule has 2 heteroatoms. The summed E-state index contributed by atoms with van der Waals surface area (Å²) < 4.78 is 6.26. The highest BCUT2D eigenvalue weighted by molar-refractivity contribution is 5.80. The minimum atomic E-state index is -0.339. The average Bonchev–Trinajstić information content (AvgIpc) is 3.11. The van der Waals surface area contributed by atoms with Crippen molar-refractivity contribution in [3.63, 3.8) is 0 Å². The van der Waals surface area contributed by atoms with Gasteiger partial charge in [-0.2, -0.15) is 0 Å². The van der Waals surface area contributed by atoms with E-state index in [4.69, 9.17) is 4.74 Å². The zero-order valence-corrected chi connectivity index (χ0v) is 16.8. The molecule has 0 bridgehead atoms. The van der Waals surface area contributed by atoms with Gasteiger partial charge in [-0.25, -0.2) is 0 Å². The summed E-state index contributed by atoms with van der Waals surface area (Å²) in [5, 5.41) is 10.9. The fourth-order valence-corrected chi connectivity index (χ4v) is 4.26. The standard InChI is InChI=1S/C24H34O2/c1-5-6-7-8-11-17(2)19-14-21(25)23-20(18-12-9-10-13-18)16-24(3,4)26-22(23)15-19/h9,12,14-18,25H,5-8,10-11,13H2,1-4H3. The van der Waals surface area contributed by atoms with Gasteiger partial charge in [0.2, 0.25) is 0 Å². The molecule has 142 valence electrons. The van der Waals surface area contributed by atoms with Crippen LogP contribution in [0.3, 0.4) is 0 Å². The summed E-state index contributed by atoms with van der Waals surface area (Å²) in [5.41, 5.74) is 2.98. The predicted molar refractivity (Wildman–Crippen MR) is 110 cm³/mol. The molecule has 2 atom stereocenters. The number of allylic oxidation sites excluding steroid dienone is 3. The van der Waals surface area contributed by atoms with Crippen molar-refractivity contribution in [2.45, 2.75) is 84.2 Å². The van der Waals surface area contributed by atoms with Gasteiger partial charge in [-0.3, -0.25) is 0 Å². The number of hydrogen-bond acceptors (Lipinski definition) is 2. The highest BCUT2D eigenvalue weighted by atomic mass is 16.5. The molecule has 0 saturated carbocycles. The number of fused-ring (bicyclic) bond motifs is 1. The van der Waals surface area contributed by atoms with Gasteiger partial charge >= 0.3 is 0 Å². The van der Waals surface area contributed by atoms with E-state index in [1.165, 1.54) is 36.8 Å². The van der Waals surface area contributed by atoms with Crippen LogP contribution in [-0.2, 0) is 0 Å². The number of ether oxygens (including phenoxy) is 1. The predicted octanol–water partition coefficient (Wildman–Crippen LogP) is 6.99. The van der Waals surface area contributed by atoms with Gasteiger partial charge < -0.3 is 9.84 Å². The van der Waals surface area contributed by atoms with E-state index < -0.39 is 0 Å². The number of phenols is 1. The second kappa shape index (κ2) is 7.90. The maximum Gasteiger partial charge on any atom is 0.132 e. The van der Waals surface area contributed by atoms with E-state index in [-0.39, 0.29) is 5.60 Å². The Morgan fingerprint density at radius 1 is 1.23 bits per heavy atom. The van der Waals surface area contributed by atoms with Gasteiger partial charge in [-0.15, -0.1) is 0 Å². The summed E-state index contributed by atoms with van der Waals surface area (Å²) >= 11 is 0. The second-order valence-electron chi connectivity index (χ2n) is 8.58. The quantitative estimate of drug-likeness (QED) is 0.422. The van der Waals surface area contributed by atoms with E-state index >= 15 is 0 Å². The summed E-state index contributed by atoms with van der Waals surface area (Å²) in [6, 6.07) is 4.14. The lowest BCUT2D eigenvalue weighted by Gasteiger charge is -2.34. The summed E-state index contributed by atoms with van der Waals surface area (Å²) in [6.07, 6.45) is 15.2. The van der Waals surface area contributed by atoms with Crippen LogP contribution in [0.15, 0.2) is 30.4 Å². The van der Waals surface area contributed by atoms with Crippen LogP contribution in [0.5, 0.6) is 11.5 Å². The molecule has 1 aromatic rings. The first-order chi connectivity index (χ1) is 12.4. The Balaban J connectivity index is 1.87.